The van der Waals surface area contributed by atoms with Gasteiger partial charge in [0.25, 0.3) is 0 Å². The second-order valence-corrected chi connectivity index (χ2v) is 4.54. The molecule has 0 radical (unpaired) electrons. The van der Waals surface area contributed by atoms with Gasteiger partial charge in [-0.2, -0.15) is 0 Å². The zero-order valence-electron chi connectivity index (χ0n) is 6.64. The number of carboxylic acids is 1. The summed E-state index contributed by atoms with van der Waals surface area (Å²) in [5.74, 6) is -0.178. The highest BCUT2D eigenvalue weighted by molar-refractivity contribution is 7.99. The Morgan fingerprint density at radius 1 is 1.77 bits per heavy atom. The van der Waals surface area contributed by atoms with Gasteiger partial charge in [0.15, 0.2) is 0 Å². The summed E-state index contributed by atoms with van der Waals surface area (Å²) in [7, 11) is 0. The van der Waals surface area contributed by atoms with Gasteiger partial charge in [-0.05, 0) is 0 Å². The van der Waals surface area contributed by atoms with E-state index in [2.05, 4.69) is 10.3 Å². The first-order chi connectivity index (χ1) is 6.27. The Labute approximate surface area is 83.4 Å². The first-order valence-electron chi connectivity index (χ1n) is 3.76. The maximum absolute atomic E-state index is 10.6. The number of thioether (sulfide) groups is 1. The van der Waals surface area contributed by atoms with Crippen molar-refractivity contribution in [3.8, 4) is 0 Å². The van der Waals surface area contributed by atoms with Crippen molar-refractivity contribution in [2.75, 3.05) is 5.75 Å². The molecule has 1 aliphatic heterocycles. The monoisotopic (exact) mass is 216 g/mol. The Kier molecular flexibility index (Phi) is 2.52. The molecule has 0 aliphatic carbocycles. The van der Waals surface area contributed by atoms with E-state index in [9.17, 15) is 4.79 Å². The number of nitrogens with one attached hydrogen (secondary N) is 1. The van der Waals surface area contributed by atoms with Crippen LogP contribution < -0.4 is 5.32 Å². The predicted molar refractivity (Wildman–Crippen MR) is 51.9 cm³/mol. The Balaban J connectivity index is 2.03. The second-order valence-electron chi connectivity index (χ2n) is 2.68. The summed E-state index contributed by atoms with van der Waals surface area (Å²) in [5, 5.41) is 13.7. The molecule has 0 bridgehead atoms. The standard InChI is InChI=1S/C7H8N2O2S2/c10-7(11)5-2-13-6(9-5)4-1-12-3-8-4/h1,3,5-6,9H,2H2,(H,10,11)/t5-,6?/m0/s1. The molecule has 1 unspecified atom stereocenters. The van der Waals surface area contributed by atoms with E-state index < -0.39 is 12.0 Å². The van der Waals surface area contributed by atoms with Crippen molar-refractivity contribution in [2.45, 2.75) is 11.4 Å². The molecule has 13 heavy (non-hydrogen) atoms. The largest absolute Gasteiger partial charge is 0.480 e. The van der Waals surface area contributed by atoms with E-state index >= 15 is 0 Å². The third-order valence-electron chi connectivity index (χ3n) is 1.80. The predicted octanol–water partition coefficient (Wildman–Crippen LogP) is 0.931. The molecule has 2 N–H and O–H groups in total. The van der Waals surface area contributed by atoms with Crippen LogP contribution in [0.5, 0.6) is 0 Å². The second kappa shape index (κ2) is 3.65. The first-order valence-corrected chi connectivity index (χ1v) is 5.75. The molecule has 0 saturated carbocycles. The highest BCUT2D eigenvalue weighted by Crippen LogP contribution is 2.32. The van der Waals surface area contributed by atoms with Crippen molar-refractivity contribution >= 4 is 29.1 Å². The molecule has 0 amide bonds. The highest BCUT2D eigenvalue weighted by atomic mass is 32.2. The Bertz CT molecular complexity index is 301. The number of hydrogen-bond acceptors (Lipinski definition) is 5. The van der Waals surface area contributed by atoms with Crippen molar-refractivity contribution in [3.63, 3.8) is 0 Å². The molecule has 1 aliphatic rings. The van der Waals surface area contributed by atoms with Gasteiger partial charge in [0.05, 0.1) is 16.6 Å². The lowest BCUT2D eigenvalue weighted by molar-refractivity contribution is -0.138. The van der Waals surface area contributed by atoms with Crippen LogP contribution in [0.25, 0.3) is 0 Å². The average molecular weight is 216 g/mol. The van der Waals surface area contributed by atoms with E-state index in [0.29, 0.717) is 5.75 Å². The lowest BCUT2D eigenvalue weighted by atomic mass is 10.3. The molecule has 6 heteroatoms. The van der Waals surface area contributed by atoms with Crippen LogP contribution in [0.2, 0.25) is 0 Å². The zero-order chi connectivity index (χ0) is 9.26. The molecular weight excluding hydrogens is 208 g/mol. The number of aromatic nitrogens is 1. The number of rotatable bonds is 2. The lowest BCUT2D eigenvalue weighted by Gasteiger charge is -2.06. The maximum atomic E-state index is 10.6. The number of aliphatic carboxylic acids is 1. The summed E-state index contributed by atoms with van der Waals surface area (Å²) in [6, 6.07) is -0.434. The van der Waals surface area contributed by atoms with Crippen molar-refractivity contribution in [2.24, 2.45) is 0 Å². The smallest absolute Gasteiger partial charge is 0.321 e. The van der Waals surface area contributed by atoms with Crippen LogP contribution in [0.1, 0.15) is 11.1 Å². The van der Waals surface area contributed by atoms with Crippen LogP contribution >= 0.6 is 23.1 Å². The van der Waals surface area contributed by atoms with Crippen LogP contribution in [0.4, 0.5) is 0 Å². The molecule has 0 spiro atoms. The molecule has 70 valence electrons. The Morgan fingerprint density at radius 3 is 3.15 bits per heavy atom. The topological polar surface area (TPSA) is 62.2 Å². The van der Waals surface area contributed by atoms with Gasteiger partial charge in [0.1, 0.15) is 6.04 Å². The van der Waals surface area contributed by atoms with E-state index in [1.807, 2.05) is 5.38 Å². The summed E-state index contributed by atoms with van der Waals surface area (Å²) >= 11 is 3.11. The summed E-state index contributed by atoms with van der Waals surface area (Å²) < 4.78 is 0. The molecule has 4 nitrogen and oxygen atoms in total. The van der Waals surface area contributed by atoms with Crippen molar-refractivity contribution < 1.29 is 9.90 Å². The summed E-state index contributed by atoms with van der Waals surface area (Å²) in [6.45, 7) is 0. The fraction of sp³-hybridized carbons (Fsp3) is 0.429. The maximum Gasteiger partial charge on any atom is 0.321 e. The molecule has 1 aromatic rings. The molecule has 2 rings (SSSR count). The first kappa shape index (κ1) is 8.98. The van der Waals surface area contributed by atoms with Gasteiger partial charge in [0.2, 0.25) is 0 Å². The minimum absolute atomic E-state index is 0.0485. The molecule has 2 heterocycles. The highest BCUT2D eigenvalue weighted by Gasteiger charge is 2.30. The van der Waals surface area contributed by atoms with E-state index in [0.717, 1.165) is 5.69 Å². The van der Waals surface area contributed by atoms with Crippen LogP contribution in [-0.2, 0) is 4.79 Å². The molecule has 1 fully saturated rings. The number of hydrogen-bond donors (Lipinski definition) is 2. The van der Waals surface area contributed by atoms with E-state index in [1.165, 1.54) is 11.3 Å². The van der Waals surface area contributed by atoms with Crippen molar-refractivity contribution in [1.82, 2.24) is 10.3 Å². The summed E-state index contributed by atoms with van der Waals surface area (Å²) in [6.07, 6.45) is 0. The quantitative estimate of drug-likeness (QED) is 0.770. The number of nitrogens with zero attached hydrogens (tertiary/aromatic N) is 1. The SMILES string of the molecule is O=C(O)[C@@H]1CSC(c2cscn2)N1. The summed E-state index contributed by atoms with van der Waals surface area (Å²) in [5.41, 5.74) is 2.69. The fourth-order valence-electron chi connectivity index (χ4n) is 1.14. The van der Waals surface area contributed by atoms with Crippen molar-refractivity contribution in [3.05, 3.63) is 16.6 Å². The third kappa shape index (κ3) is 1.84. The van der Waals surface area contributed by atoms with Gasteiger partial charge in [-0.25, -0.2) is 4.98 Å². The van der Waals surface area contributed by atoms with Gasteiger partial charge in [0, 0.05) is 11.1 Å². The minimum atomic E-state index is -0.787. The summed E-state index contributed by atoms with van der Waals surface area (Å²) in [4.78, 5) is 14.8. The van der Waals surface area contributed by atoms with Crippen LogP contribution in [0.15, 0.2) is 10.9 Å². The Morgan fingerprint density at radius 2 is 2.62 bits per heavy atom. The van der Waals surface area contributed by atoms with Crippen LogP contribution in [0, 0.1) is 0 Å². The lowest BCUT2D eigenvalue weighted by Crippen LogP contribution is -2.33. The normalized spacial score (nSPS) is 27.7. The minimum Gasteiger partial charge on any atom is -0.480 e. The van der Waals surface area contributed by atoms with Gasteiger partial charge in [-0.15, -0.1) is 23.1 Å². The van der Waals surface area contributed by atoms with Crippen molar-refractivity contribution in [1.29, 1.82) is 0 Å². The Hall–Kier alpha value is -0.590. The molecule has 0 aromatic carbocycles. The molecular formula is C7H8N2O2S2. The number of carbonyl (C=O) groups is 1. The van der Waals surface area contributed by atoms with Crippen LogP contribution in [0.3, 0.4) is 0 Å². The number of thiazole rings is 1. The van der Waals surface area contributed by atoms with Gasteiger partial charge in [-0.1, -0.05) is 0 Å². The van der Waals surface area contributed by atoms with Gasteiger partial charge in [-0.3, -0.25) is 10.1 Å². The zero-order valence-corrected chi connectivity index (χ0v) is 8.27. The average Bonchev–Trinajstić information content (AvgIpc) is 2.75. The molecule has 2 atom stereocenters. The third-order valence-corrected chi connectivity index (χ3v) is 3.64. The molecule has 1 saturated heterocycles. The number of carboxylic acid groups (broad SMARTS) is 1. The van der Waals surface area contributed by atoms with Gasteiger partial charge < -0.3 is 5.11 Å². The van der Waals surface area contributed by atoms with E-state index in [-0.39, 0.29) is 5.37 Å². The van der Waals surface area contributed by atoms with Crippen LogP contribution in [-0.4, -0.2) is 27.9 Å². The molecule has 1 aromatic heterocycles. The van der Waals surface area contributed by atoms with Gasteiger partial charge >= 0.3 is 5.97 Å². The van der Waals surface area contributed by atoms with E-state index in [1.54, 1.807) is 17.3 Å². The fourth-order valence-corrected chi connectivity index (χ4v) is 2.99. The van der Waals surface area contributed by atoms with E-state index in [4.69, 9.17) is 5.11 Å².